The summed E-state index contributed by atoms with van der Waals surface area (Å²) >= 11 is 3.30. The van der Waals surface area contributed by atoms with Gasteiger partial charge in [0.1, 0.15) is 11.4 Å². The van der Waals surface area contributed by atoms with Crippen LogP contribution in [0.25, 0.3) is 0 Å². The molecule has 0 aliphatic rings. The summed E-state index contributed by atoms with van der Waals surface area (Å²) in [5.74, 6) is -0.0349. The lowest BCUT2D eigenvalue weighted by Gasteiger charge is -2.07. The van der Waals surface area contributed by atoms with Gasteiger partial charge in [0.25, 0.3) is 5.91 Å². The van der Waals surface area contributed by atoms with E-state index in [-0.39, 0.29) is 11.0 Å². The Labute approximate surface area is 118 Å². The molecule has 2 rings (SSSR count). The third-order valence-corrected chi connectivity index (χ3v) is 3.01. The van der Waals surface area contributed by atoms with Crippen LogP contribution in [0.3, 0.4) is 0 Å². The van der Waals surface area contributed by atoms with Gasteiger partial charge >= 0.3 is 0 Å². The normalized spacial score (nSPS) is 10.3. The van der Waals surface area contributed by atoms with E-state index in [1.54, 1.807) is 13.1 Å². The molecule has 2 aromatic heterocycles. The van der Waals surface area contributed by atoms with E-state index in [1.165, 1.54) is 12.3 Å². The molecule has 2 aromatic rings. The van der Waals surface area contributed by atoms with Gasteiger partial charge in [0.15, 0.2) is 5.43 Å². The number of amides is 1. The van der Waals surface area contributed by atoms with Gasteiger partial charge in [-0.2, -0.15) is 0 Å². The van der Waals surface area contributed by atoms with Crippen LogP contribution in [-0.4, -0.2) is 15.9 Å². The molecule has 0 unspecified atom stereocenters. The Hall–Kier alpha value is -1.95. The molecule has 0 bridgehead atoms. The van der Waals surface area contributed by atoms with E-state index in [1.807, 2.05) is 13.0 Å². The predicted octanol–water partition coefficient (Wildman–Crippen LogP) is 2.40. The summed E-state index contributed by atoms with van der Waals surface area (Å²) in [4.78, 5) is 30.6. The zero-order valence-corrected chi connectivity index (χ0v) is 12.0. The number of hydrogen-bond acceptors (Lipinski definition) is 3. The minimum absolute atomic E-state index is 0.0646. The molecule has 6 heteroatoms. The number of halogens is 1. The number of nitrogens with zero attached hydrogens (tertiary/aromatic N) is 1. The third-order valence-electron chi connectivity index (χ3n) is 2.58. The van der Waals surface area contributed by atoms with Crippen molar-refractivity contribution >= 4 is 27.7 Å². The molecule has 0 atom stereocenters. The zero-order chi connectivity index (χ0) is 14.0. The predicted molar refractivity (Wildman–Crippen MR) is 76.4 cm³/mol. The summed E-state index contributed by atoms with van der Waals surface area (Å²) in [6.45, 7) is 3.58. The quantitative estimate of drug-likeness (QED) is 0.891. The largest absolute Gasteiger partial charge is 0.364 e. The second-order valence-electron chi connectivity index (χ2n) is 4.17. The van der Waals surface area contributed by atoms with Gasteiger partial charge in [-0.1, -0.05) is 0 Å². The highest BCUT2D eigenvalue weighted by Crippen LogP contribution is 2.17. The number of carbonyl (C=O) groups is 1. The van der Waals surface area contributed by atoms with Crippen LogP contribution in [0.4, 0.5) is 5.82 Å². The molecule has 19 heavy (non-hydrogen) atoms. The number of pyridine rings is 2. The second kappa shape index (κ2) is 5.36. The maximum atomic E-state index is 12.0. The lowest BCUT2D eigenvalue weighted by Crippen LogP contribution is -2.22. The molecule has 2 N–H and O–H groups in total. The molecule has 0 fully saturated rings. The van der Waals surface area contributed by atoms with Gasteiger partial charge in [0.05, 0.1) is 0 Å². The van der Waals surface area contributed by atoms with Crippen molar-refractivity contribution in [2.75, 3.05) is 5.32 Å². The van der Waals surface area contributed by atoms with Crippen LogP contribution in [0.15, 0.2) is 33.8 Å². The number of aryl methyl sites for hydroxylation is 2. The summed E-state index contributed by atoms with van der Waals surface area (Å²) in [5, 5.41) is 2.62. The lowest BCUT2D eigenvalue weighted by atomic mass is 10.2. The number of nitrogens with one attached hydrogen (secondary N) is 2. The van der Waals surface area contributed by atoms with E-state index in [4.69, 9.17) is 0 Å². The third kappa shape index (κ3) is 3.08. The average molecular weight is 322 g/mol. The Kier molecular flexibility index (Phi) is 3.80. The monoisotopic (exact) mass is 321 g/mol. The fourth-order valence-corrected chi connectivity index (χ4v) is 2.04. The number of anilines is 1. The summed E-state index contributed by atoms with van der Waals surface area (Å²) in [7, 11) is 0. The Morgan fingerprint density at radius 3 is 2.74 bits per heavy atom. The molecule has 0 aliphatic carbocycles. The van der Waals surface area contributed by atoms with Gasteiger partial charge < -0.3 is 10.3 Å². The van der Waals surface area contributed by atoms with E-state index in [9.17, 15) is 9.59 Å². The molecule has 0 spiro atoms. The fraction of sp³-hybridized carbons (Fsp3) is 0.154. The van der Waals surface area contributed by atoms with Gasteiger partial charge in [-0.25, -0.2) is 4.98 Å². The Morgan fingerprint density at radius 1 is 1.37 bits per heavy atom. The van der Waals surface area contributed by atoms with E-state index in [0.29, 0.717) is 11.5 Å². The molecule has 2 heterocycles. The molecule has 5 nitrogen and oxygen atoms in total. The van der Waals surface area contributed by atoms with Crippen molar-refractivity contribution in [1.82, 2.24) is 9.97 Å². The lowest BCUT2D eigenvalue weighted by molar-refractivity contribution is 0.102. The van der Waals surface area contributed by atoms with E-state index in [2.05, 4.69) is 31.2 Å². The van der Waals surface area contributed by atoms with Crippen LogP contribution in [0, 0.1) is 13.8 Å². The highest BCUT2D eigenvalue weighted by Gasteiger charge is 2.12. The van der Waals surface area contributed by atoms with Crippen molar-refractivity contribution < 1.29 is 4.79 Å². The van der Waals surface area contributed by atoms with Crippen molar-refractivity contribution in [1.29, 1.82) is 0 Å². The smallest absolute Gasteiger partial charge is 0.262 e. The Balaban J connectivity index is 2.28. The summed E-state index contributed by atoms with van der Waals surface area (Å²) in [6, 6.07) is 3.22. The first-order chi connectivity index (χ1) is 8.97. The molecule has 0 aliphatic heterocycles. The minimum atomic E-state index is -0.473. The summed E-state index contributed by atoms with van der Waals surface area (Å²) in [6.07, 6.45) is 2.99. The van der Waals surface area contributed by atoms with Crippen LogP contribution in [0.2, 0.25) is 0 Å². The van der Waals surface area contributed by atoms with Gasteiger partial charge in [-0.05, 0) is 41.4 Å². The number of aromatic amines is 1. The summed E-state index contributed by atoms with van der Waals surface area (Å²) < 4.78 is 0.830. The van der Waals surface area contributed by atoms with Gasteiger partial charge in [-0.3, -0.25) is 9.59 Å². The number of carbonyl (C=O) groups excluding carboxylic acids is 1. The van der Waals surface area contributed by atoms with Crippen molar-refractivity contribution in [3.05, 3.63) is 56.0 Å². The highest BCUT2D eigenvalue weighted by molar-refractivity contribution is 9.10. The molecule has 0 radical (unpaired) electrons. The van der Waals surface area contributed by atoms with Crippen LogP contribution in [0.5, 0.6) is 0 Å². The molecular formula is C13H12BrN3O2. The van der Waals surface area contributed by atoms with E-state index in [0.717, 1.165) is 10.0 Å². The maximum absolute atomic E-state index is 12.0. The van der Waals surface area contributed by atoms with Gasteiger partial charge in [-0.15, -0.1) is 0 Å². The van der Waals surface area contributed by atoms with Crippen molar-refractivity contribution in [2.24, 2.45) is 0 Å². The van der Waals surface area contributed by atoms with Crippen LogP contribution in [-0.2, 0) is 0 Å². The zero-order valence-electron chi connectivity index (χ0n) is 10.5. The van der Waals surface area contributed by atoms with E-state index >= 15 is 0 Å². The van der Waals surface area contributed by atoms with Crippen LogP contribution >= 0.6 is 15.9 Å². The average Bonchev–Trinajstić information content (AvgIpc) is 2.32. The van der Waals surface area contributed by atoms with Gasteiger partial charge in [0, 0.05) is 28.6 Å². The maximum Gasteiger partial charge on any atom is 0.262 e. The van der Waals surface area contributed by atoms with Crippen molar-refractivity contribution in [2.45, 2.75) is 13.8 Å². The molecule has 98 valence electrons. The highest BCUT2D eigenvalue weighted by atomic mass is 79.9. The summed E-state index contributed by atoms with van der Waals surface area (Å²) in [5.41, 5.74) is 1.27. The first-order valence-electron chi connectivity index (χ1n) is 5.60. The van der Waals surface area contributed by atoms with Crippen LogP contribution in [0.1, 0.15) is 21.6 Å². The molecule has 0 aromatic carbocycles. The first kappa shape index (κ1) is 13.5. The SMILES string of the molecule is Cc1cc(=O)c(C(=O)Nc2ncc(Br)cc2C)c[nH]1. The number of hydrogen-bond donors (Lipinski definition) is 2. The molecule has 0 saturated carbocycles. The topological polar surface area (TPSA) is 74.8 Å². The molecular weight excluding hydrogens is 310 g/mol. The Bertz CT molecular complexity index is 695. The van der Waals surface area contributed by atoms with Crippen molar-refractivity contribution in [3.8, 4) is 0 Å². The van der Waals surface area contributed by atoms with Crippen molar-refractivity contribution in [3.63, 3.8) is 0 Å². The van der Waals surface area contributed by atoms with Gasteiger partial charge in [0.2, 0.25) is 0 Å². The fourth-order valence-electron chi connectivity index (χ4n) is 1.60. The Morgan fingerprint density at radius 2 is 2.11 bits per heavy atom. The first-order valence-corrected chi connectivity index (χ1v) is 6.39. The number of H-pyrrole nitrogens is 1. The number of rotatable bonds is 2. The minimum Gasteiger partial charge on any atom is -0.364 e. The second-order valence-corrected chi connectivity index (χ2v) is 5.08. The van der Waals surface area contributed by atoms with E-state index < -0.39 is 5.91 Å². The molecule has 1 amide bonds. The standard InChI is InChI=1S/C13H12BrN3O2/c1-7-3-9(14)5-16-12(7)17-13(19)10-6-15-8(2)4-11(10)18/h3-6H,1-2H3,(H,15,18)(H,16,17,19). The van der Waals surface area contributed by atoms with Crippen LogP contribution < -0.4 is 10.7 Å². The number of aromatic nitrogens is 2. The molecule has 0 saturated heterocycles.